The summed E-state index contributed by atoms with van der Waals surface area (Å²) in [5, 5.41) is 12.0. The van der Waals surface area contributed by atoms with Crippen LogP contribution < -0.4 is 5.32 Å². The molecule has 106 valence electrons. The van der Waals surface area contributed by atoms with Crippen LogP contribution in [0.15, 0.2) is 18.3 Å². The van der Waals surface area contributed by atoms with E-state index in [-0.39, 0.29) is 11.9 Å². The molecule has 0 bridgehead atoms. The number of nitrogens with one attached hydrogen (secondary N) is 1. The standard InChI is InChI=1S/C15H20N4O/c1-12(15(20)19-7-3-2-4-8-19)18-11-13-5-6-17-14(9-13)10-16/h5-6,9,12,18H,2-4,7-8,11H2,1H3. The van der Waals surface area contributed by atoms with Crippen molar-refractivity contribution < 1.29 is 4.79 Å². The molecule has 0 aromatic carbocycles. The first kappa shape index (κ1) is 14.5. The van der Waals surface area contributed by atoms with Crippen LogP contribution in [-0.4, -0.2) is 34.9 Å². The van der Waals surface area contributed by atoms with Crippen molar-refractivity contribution in [3.8, 4) is 6.07 Å². The summed E-state index contributed by atoms with van der Waals surface area (Å²) < 4.78 is 0. The van der Waals surface area contributed by atoms with Crippen LogP contribution in [0.25, 0.3) is 0 Å². The number of nitriles is 1. The molecule has 5 nitrogen and oxygen atoms in total. The third-order valence-corrected chi connectivity index (χ3v) is 3.59. The van der Waals surface area contributed by atoms with Gasteiger partial charge in [-0.05, 0) is 43.9 Å². The molecule has 1 aliphatic heterocycles. The van der Waals surface area contributed by atoms with Crippen LogP contribution in [0, 0.1) is 11.3 Å². The second-order valence-corrected chi connectivity index (χ2v) is 5.15. The number of hydrogen-bond donors (Lipinski definition) is 1. The molecule has 5 heteroatoms. The van der Waals surface area contributed by atoms with E-state index in [4.69, 9.17) is 5.26 Å². The zero-order valence-electron chi connectivity index (χ0n) is 11.8. The molecule has 2 heterocycles. The highest BCUT2D eigenvalue weighted by molar-refractivity contribution is 5.81. The molecule has 1 saturated heterocycles. The molecule has 1 aliphatic rings. The summed E-state index contributed by atoms with van der Waals surface area (Å²) in [4.78, 5) is 18.1. The Morgan fingerprint density at radius 1 is 1.50 bits per heavy atom. The van der Waals surface area contributed by atoms with Crippen LogP contribution in [-0.2, 0) is 11.3 Å². The molecular weight excluding hydrogens is 252 g/mol. The van der Waals surface area contributed by atoms with Gasteiger partial charge in [-0.2, -0.15) is 5.26 Å². The Kier molecular flexibility index (Phi) is 5.08. The predicted molar refractivity (Wildman–Crippen MR) is 75.7 cm³/mol. The van der Waals surface area contributed by atoms with E-state index in [2.05, 4.69) is 10.3 Å². The Hall–Kier alpha value is -1.93. The Morgan fingerprint density at radius 2 is 2.25 bits per heavy atom. The third kappa shape index (κ3) is 3.78. The number of nitrogens with zero attached hydrogens (tertiary/aromatic N) is 3. The van der Waals surface area contributed by atoms with Crippen molar-refractivity contribution in [1.29, 1.82) is 5.26 Å². The molecular formula is C15H20N4O. The molecule has 1 N–H and O–H groups in total. The van der Waals surface area contributed by atoms with Gasteiger partial charge in [-0.3, -0.25) is 4.79 Å². The van der Waals surface area contributed by atoms with E-state index in [9.17, 15) is 4.79 Å². The van der Waals surface area contributed by atoms with Crippen molar-refractivity contribution in [3.05, 3.63) is 29.6 Å². The maximum atomic E-state index is 12.2. The average Bonchev–Trinajstić information content (AvgIpc) is 2.53. The fraction of sp³-hybridized carbons (Fsp3) is 0.533. The third-order valence-electron chi connectivity index (χ3n) is 3.59. The maximum absolute atomic E-state index is 12.2. The van der Waals surface area contributed by atoms with Crippen LogP contribution in [0.3, 0.4) is 0 Å². The van der Waals surface area contributed by atoms with Gasteiger partial charge in [0.2, 0.25) is 5.91 Å². The van der Waals surface area contributed by atoms with E-state index >= 15 is 0 Å². The second kappa shape index (κ2) is 7.01. The number of rotatable bonds is 4. The van der Waals surface area contributed by atoms with Gasteiger partial charge in [-0.15, -0.1) is 0 Å². The van der Waals surface area contributed by atoms with E-state index in [0.29, 0.717) is 12.2 Å². The minimum absolute atomic E-state index is 0.166. The maximum Gasteiger partial charge on any atom is 0.239 e. The molecule has 1 atom stereocenters. The minimum atomic E-state index is -0.202. The van der Waals surface area contributed by atoms with Crippen molar-refractivity contribution in [2.75, 3.05) is 13.1 Å². The predicted octanol–water partition coefficient (Wildman–Crippen LogP) is 1.44. The molecule has 1 fully saturated rings. The zero-order chi connectivity index (χ0) is 14.4. The van der Waals surface area contributed by atoms with Gasteiger partial charge in [0.1, 0.15) is 11.8 Å². The lowest BCUT2D eigenvalue weighted by Crippen LogP contribution is -2.46. The SMILES string of the molecule is CC(NCc1ccnc(C#N)c1)C(=O)N1CCCCC1. The molecule has 1 amide bonds. The highest BCUT2D eigenvalue weighted by Gasteiger charge is 2.21. The summed E-state index contributed by atoms with van der Waals surface area (Å²) in [7, 11) is 0. The number of aromatic nitrogens is 1. The molecule has 1 unspecified atom stereocenters. The normalized spacial score (nSPS) is 16.5. The zero-order valence-corrected chi connectivity index (χ0v) is 11.8. The number of hydrogen-bond acceptors (Lipinski definition) is 4. The van der Waals surface area contributed by atoms with Crippen molar-refractivity contribution in [3.63, 3.8) is 0 Å². The van der Waals surface area contributed by atoms with Crippen molar-refractivity contribution in [2.45, 2.75) is 38.8 Å². The Labute approximate surface area is 119 Å². The van der Waals surface area contributed by atoms with Crippen molar-refractivity contribution in [2.24, 2.45) is 0 Å². The number of amides is 1. The lowest BCUT2D eigenvalue weighted by molar-refractivity contribution is -0.133. The fourth-order valence-corrected chi connectivity index (χ4v) is 2.39. The van der Waals surface area contributed by atoms with Gasteiger partial charge in [-0.1, -0.05) is 0 Å². The number of pyridine rings is 1. The molecule has 0 radical (unpaired) electrons. The first-order valence-corrected chi connectivity index (χ1v) is 7.08. The lowest BCUT2D eigenvalue weighted by Gasteiger charge is -2.29. The largest absolute Gasteiger partial charge is 0.341 e. The number of piperidine rings is 1. The monoisotopic (exact) mass is 272 g/mol. The molecule has 0 spiro atoms. The van der Waals surface area contributed by atoms with E-state index in [0.717, 1.165) is 31.5 Å². The van der Waals surface area contributed by atoms with Crippen LogP contribution >= 0.6 is 0 Å². The summed E-state index contributed by atoms with van der Waals surface area (Å²) in [5.74, 6) is 0.166. The van der Waals surface area contributed by atoms with Crippen molar-refractivity contribution in [1.82, 2.24) is 15.2 Å². The molecule has 1 aromatic rings. The molecule has 20 heavy (non-hydrogen) atoms. The average molecular weight is 272 g/mol. The van der Waals surface area contributed by atoms with Gasteiger partial charge in [0.05, 0.1) is 6.04 Å². The summed E-state index contributed by atoms with van der Waals surface area (Å²) in [5.41, 5.74) is 1.37. The number of carbonyl (C=O) groups excluding carboxylic acids is 1. The molecule has 2 rings (SSSR count). The van der Waals surface area contributed by atoms with Gasteiger partial charge in [0, 0.05) is 25.8 Å². The summed E-state index contributed by atoms with van der Waals surface area (Å²) >= 11 is 0. The minimum Gasteiger partial charge on any atom is -0.341 e. The Bertz CT molecular complexity index is 503. The topological polar surface area (TPSA) is 69.0 Å². The fourth-order valence-electron chi connectivity index (χ4n) is 2.39. The van der Waals surface area contributed by atoms with E-state index in [1.54, 1.807) is 12.3 Å². The van der Waals surface area contributed by atoms with Gasteiger partial charge < -0.3 is 10.2 Å². The Morgan fingerprint density at radius 3 is 2.95 bits per heavy atom. The highest BCUT2D eigenvalue weighted by Crippen LogP contribution is 2.10. The number of likely N-dealkylation sites (tertiary alicyclic amines) is 1. The van der Waals surface area contributed by atoms with Crippen LogP contribution in [0.2, 0.25) is 0 Å². The van der Waals surface area contributed by atoms with Gasteiger partial charge >= 0.3 is 0 Å². The van der Waals surface area contributed by atoms with Gasteiger partial charge in [0.15, 0.2) is 0 Å². The van der Waals surface area contributed by atoms with Gasteiger partial charge in [-0.25, -0.2) is 4.98 Å². The summed E-state index contributed by atoms with van der Waals surface area (Å²) in [6.07, 6.45) is 5.05. The highest BCUT2D eigenvalue weighted by atomic mass is 16.2. The first-order valence-electron chi connectivity index (χ1n) is 7.08. The quantitative estimate of drug-likeness (QED) is 0.900. The Balaban J connectivity index is 1.86. The first-order chi connectivity index (χ1) is 9.70. The van der Waals surface area contributed by atoms with E-state index in [1.165, 1.54) is 6.42 Å². The van der Waals surface area contributed by atoms with Gasteiger partial charge in [0.25, 0.3) is 0 Å². The summed E-state index contributed by atoms with van der Waals surface area (Å²) in [6.45, 7) is 4.21. The van der Waals surface area contributed by atoms with Crippen LogP contribution in [0.1, 0.15) is 37.4 Å². The van der Waals surface area contributed by atoms with E-state index < -0.39 is 0 Å². The smallest absolute Gasteiger partial charge is 0.239 e. The van der Waals surface area contributed by atoms with Crippen LogP contribution in [0.4, 0.5) is 0 Å². The van der Waals surface area contributed by atoms with Crippen LogP contribution in [0.5, 0.6) is 0 Å². The molecule has 0 aliphatic carbocycles. The van der Waals surface area contributed by atoms with Crippen molar-refractivity contribution >= 4 is 5.91 Å². The second-order valence-electron chi connectivity index (χ2n) is 5.15. The van der Waals surface area contributed by atoms with E-state index in [1.807, 2.05) is 24.0 Å². The summed E-state index contributed by atoms with van der Waals surface area (Å²) in [6, 6.07) is 5.41. The molecule has 1 aromatic heterocycles. The molecule has 0 saturated carbocycles. The lowest BCUT2D eigenvalue weighted by atomic mass is 10.1. The number of carbonyl (C=O) groups is 1.